The van der Waals surface area contributed by atoms with Gasteiger partial charge in [-0.3, -0.25) is 0 Å². The van der Waals surface area contributed by atoms with Gasteiger partial charge in [0.1, 0.15) is 0 Å². The zero-order chi connectivity index (χ0) is 16.3. The maximum absolute atomic E-state index is 12.0. The number of pyridine rings is 1. The summed E-state index contributed by atoms with van der Waals surface area (Å²) in [5.74, 6) is -1.18. The van der Waals surface area contributed by atoms with Crippen LogP contribution in [0.1, 0.15) is 51.5 Å². The minimum atomic E-state index is -1.18. The highest BCUT2D eigenvalue weighted by Crippen LogP contribution is 2.26. The number of hydrogen-bond acceptors (Lipinski definition) is 3. The van der Waals surface area contributed by atoms with Gasteiger partial charge in [-0.1, -0.05) is 20.8 Å². The topological polar surface area (TPSA) is 91.3 Å². The number of nitrogens with one attached hydrogen (secondary N) is 2. The summed E-state index contributed by atoms with van der Waals surface area (Å²) in [6, 6.07) is 2.63. The molecule has 116 valence electrons. The predicted molar refractivity (Wildman–Crippen MR) is 81.5 cm³/mol. The van der Waals surface area contributed by atoms with Crippen LogP contribution in [0.3, 0.4) is 0 Å². The van der Waals surface area contributed by atoms with Crippen molar-refractivity contribution in [1.29, 1.82) is 0 Å². The van der Waals surface area contributed by atoms with E-state index in [9.17, 15) is 9.59 Å². The summed E-state index contributed by atoms with van der Waals surface area (Å²) in [7, 11) is 0. The van der Waals surface area contributed by atoms with Gasteiger partial charge in [-0.25, -0.2) is 14.6 Å². The third-order valence-corrected chi connectivity index (χ3v) is 2.68. The molecule has 6 heteroatoms. The van der Waals surface area contributed by atoms with Gasteiger partial charge in [0.2, 0.25) is 0 Å². The number of aromatic nitrogens is 1. The minimum Gasteiger partial charge on any atom is -0.476 e. The van der Waals surface area contributed by atoms with Crippen molar-refractivity contribution in [3.63, 3.8) is 0 Å². The molecule has 0 fully saturated rings. The number of nitrogens with zero attached hydrogens (tertiary/aromatic N) is 1. The van der Waals surface area contributed by atoms with Crippen molar-refractivity contribution < 1.29 is 14.7 Å². The number of urea groups is 1. The Morgan fingerprint density at radius 1 is 1.24 bits per heavy atom. The van der Waals surface area contributed by atoms with Crippen molar-refractivity contribution in [3.05, 3.63) is 24.0 Å². The van der Waals surface area contributed by atoms with E-state index in [4.69, 9.17) is 5.11 Å². The second-order valence-electron chi connectivity index (χ2n) is 6.91. The highest BCUT2D eigenvalue weighted by Gasteiger charge is 2.27. The molecule has 0 radical (unpaired) electrons. The summed E-state index contributed by atoms with van der Waals surface area (Å²) < 4.78 is 0. The molecule has 1 aromatic rings. The van der Waals surface area contributed by atoms with Gasteiger partial charge in [0.25, 0.3) is 0 Å². The van der Waals surface area contributed by atoms with Gasteiger partial charge in [-0.2, -0.15) is 0 Å². The van der Waals surface area contributed by atoms with E-state index in [0.29, 0.717) is 0 Å². The van der Waals surface area contributed by atoms with Crippen LogP contribution < -0.4 is 10.6 Å². The van der Waals surface area contributed by atoms with Crippen molar-refractivity contribution in [2.75, 3.05) is 5.32 Å². The van der Waals surface area contributed by atoms with Crippen LogP contribution >= 0.6 is 0 Å². The molecule has 0 spiro atoms. The van der Waals surface area contributed by atoms with E-state index in [1.165, 1.54) is 12.3 Å². The quantitative estimate of drug-likeness (QED) is 0.795. The highest BCUT2D eigenvalue weighted by molar-refractivity contribution is 5.98. The third kappa shape index (κ3) is 5.81. The molecular weight excluding hydrogens is 270 g/mol. The average molecular weight is 293 g/mol. The summed E-state index contributed by atoms with van der Waals surface area (Å²) in [5.41, 5.74) is -0.346. The summed E-state index contributed by atoms with van der Waals surface area (Å²) in [5, 5.41) is 14.4. The SMILES string of the molecule is CC(C)(C)CC(C)(C)NC(=O)Nc1cccnc1C(=O)O. The maximum atomic E-state index is 12.0. The molecule has 6 nitrogen and oxygen atoms in total. The Balaban J connectivity index is 2.77. The van der Waals surface area contributed by atoms with Crippen molar-refractivity contribution in [3.8, 4) is 0 Å². The van der Waals surface area contributed by atoms with Crippen LogP contribution in [0.25, 0.3) is 0 Å². The smallest absolute Gasteiger partial charge is 0.356 e. The molecule has 2 amide bonds. The Kier molecular flexibility index (Phi) is 4.93. The first-order valence-electron chi connectivity index (χ1n) is 6.78. The highest BCUT2D eigenvalue weighted by atomic mass is 16.4. The molecule has 21 heavy (non-hydrogen) atoms. The van der Waals surface area contributed by atoms with E-state index >= 15 is 0 Å². The summed E-state index contributed by atoms with van der Waals surface area (Å²) >= 11 is 0. The van der Waals surface area contributed by atoms with Gasteiger partial charge in [0.05, 0.1) is 5.69 Å². The molecule has 0 aliphatic rings. The summed E-state index contributed by atoms with van der Waals surface area (Å²) in [4.78, 5) is 26.8. The van der Waals surface area contributed by atoms with E-state index < -0.39 is 17.5 Å². The van der Waals surface area contributed by atoms with Crippen molar-refractivity contribution in [1.82, 2.24) is 10.3 Å². The van der Waals surface area contributed by atoms with E-state index in [-0.39, 0.29) is 16.8 Å². The molecule has 3 N–H and O–H groups in total. The van der Waals surface area contributed by atoms with Crippen molar-refractivity contribution in [2.24, 2.45) is 5.41 Å². The van der Waals surface area contributed by atoms with E-state index in [1.54, 1.807) is 6.07 Å². The Hall–Kier alpha value is -2.11. The van der Waals surface area contributed by atoms with Crippen LogP contribution in [0, 0.1) is 5.41 Å². The number of aromatic carboxylic acids is 1. The van der Waals surface area contributed by atoms with Crippen molar-refractivity contribution >= 4 is 17.7 Å². The Morgan fingerprint density at radius 3 is 2.38 bits per heavy atom. The molecule has 0 aliphatic carbocycles. The van der Waals surface area contributed by atoms with Gasteiger partial charge < -0.3 is 15.7 Å². The standard InChI is InChI=1S/C15H23N3O3/c1-14(2,3)9-15(4,5)18-13(21)17-10-7-6-8-16-11(10)12(19)20/h6-8H,9H2,1-5H3,(H,19,20)(H2,17,18,21). The Labute approximate surface area is 125 Å². The molecule has 1 rings (SSSR count). The first-order valence-corrected chi connectivity index (χ1v) is 6.78. The van der Waals surface area contributed by atoms with Gasteiger partial charge in [-0.15, -0.1) is 0 Å². The molecule has 0 aromatic carbocycles. The zero-order valence-corrected chi connectivity index (χ0v) is 13.2. The Morgan fingerprint density at radius 2 is 1.86 bits per heavy atom. The lowest BCUT2D eigenvalue weighted by Crippen LogP contribution is -2.47. The lowest BCUT2D eigenvalue weighted by atomic mass is 9.82. The fourth-order valence-electron chi connectivity index (χ4n) is 2.51. The van der Waals surface area contributed by atoms with Gasteiger partial charge in [-0.05, 0) is 37.8 Å². The molecule has 0 atom stereocenters. The van der Waals surface area contributed by atoms with Crippen LogP contribution in [-0.4, -0.2) is 27.6 Å². The number of carbonyl (C=O) groups is 2. The molecule has 0 unspecified atom stereocenters. The van der Waals surface area contributed by atoms with Crippen LogP contribution in [0.15, 0.2) is 18.3 Å². The minimum absolute atomic E-state index is 0.0668. The molecule has 0 bridgehead atoms. The number of anilines is 1. The van der Waals surface area contributed by atoms with Gasteiger partial charge in [0.15, 0.2) is 5.69 Å². The van der Waals surface area contributed by atoms with E-state index in [2.05, 4.69) is 36.4 Å². The average Bonchev–Trinajstić information content (AvgIpc) is 2.24. The summed E-state index contributed by atoms with van der Waals surface area (Å²) in [6.07, 6.45) is 2.16. The second-order valence-corrected chi connectivity index (χ2v) is 6.91. The van der Waals surface area contributed by atoms with Gasteiger partial charge in [0, 0.05) is 11.7 Å². The van der Waals surface area contributed by atoms with Crippen LogP contribution in [0.2, 0.25) is 0 Å². The van der Waals surface area contributed by atoms with E-state index in [1.807, 2.05) is 13.8 Å². The van der Waals surface area contributed by atoms with Crippen LogP contribution in [-0.2, 0) is 0 Å². The molecular formula is C15H23N3O3. The lowest BCUT2D eigenvalue weighted by Gasteiger charge is -2.33. The predicted octanol–water partition coefficient (Wildman–Crippen LogP) is 3.12. The first-order chi connectivity index (χ1) is 9.50. The number of carboxylic acid groups (broad SMARTS) is 1. The van der Waals surface area contributed by atoms with Crippen LogP contribution in [0.4, 0.5) is 10.5 Å². The third-order valence-electron chi connectivity index (χ3n) is 2.68. The number of amides is 2. The second kappa shape index (κ2) is 6.11. The van der Waals surface area contributed by atoms with Crippen LogP contribution in [0.5, 0.6) is 0 Å². The molecule has 0 saturated carbocycles. The molecule has 1 heterocycles. The molecule has 1 aromatic heterocycles. The fourth-order valence-corrected chi connectivity index (χ4v) is 2.51. The molecule has 0 aliphatic heterocycles. The summed E-state index contributed by atoms with van der Waals surface area (Å²) in [6.45, 7) is 10.1. The zero-order valence-electron chi connectivity index (χ0n) is 13.2. The molecule has 0 saturated heterocycles. The maximum Gasteiger partial charge on any atom is 0.356 e. The number of hydrogen-bond donors (Lipinski definition) is 3. The van der Waals surface area contributed by atoms with Gasteiger partial charge >= 0.3 is 12.0 Å². The number of carboxylic acids is 1. The fraction of sp³-hybridized carbons (Fsp3) is 0.533. The monoisotopic (exact) mass is 293 g/mol. The number of rotatable bonds is 4. The lowest BCUT2D eigenvalue weighted by molar-refractivity contribution is 0.0691. The largest absolute Gasteiger partial charge is 0.476 e. The Bertz CT molecular complexity index is 533. The number of carbonyl (C=O) groups excluding carboxylic acids is 1. The van der Waals surface area contributed by atoms with Crippen molar-refractivity contribution in [2.45, 2.75) is 46.6 Å². The van der Waals surface area contributed by atoms with E-state index in [0.717, 1.165) is 6.42 Å². The normalized spacial score (nSPS) is 11.9. The first kappa shape index (κ1) is 16.9.